The zero-order chi connectivity index (χ0) is 17.6. The molecule has 0 spiro atoms. The number of hydrogen-bond acceptors (Lipinski definition) is 4. The molecule has 5 heteroatoms. The van der Waals surface area contributed by atoms with Crippen molar-refractivity contribution in [3.05, 3.63) is 24.1 Å². The highest BCUT2D eigenvalue weighted by molar-refractivity contribution is 5.83. The van der Waals surface area contributed by atoms with Gasteiger partial charge in [0.2, 0.25) is 6.10 Å². The molecule has 0 aromatic rings. The van der Waals surface area contributed by atoms with Crippen LogP contribution in [0, 0.1) is 29.6 Å². The summed E-state index contributed by atoms with van der Waals surface area (Å²) in [5.74, 6) is -0.155. The maximum atomic E-state index is 13.7. The standard InChI is InChI=1S/C18H23FO4/c1-6-9-13(19)14(7-2)23-17(21)16-12(18(16,4)5)10-11-15(20)22-8-3/h2,9-12,14,16H,6,8H2,1,3-5H3. The van der Waals surface area contributed by atoms with E-state index in [4.69, 9.17) is 15.9 Å². The number of terminal acetylenes is 1. The van der Waals surface area contributed by atoms with Crippen molar-refractivity contribution < 1.29 is 23.5 Å². The second-order valence-corrected chi connectivity index (χ2v) is 5.92. The van der Waals surface area contributed by atoms with Crippen molar-refractivity contribution in [2.24, 2.45) is 17.3 Å². The van der Waals surface area contributed by atoms with Crippen LogP contribution in [-0.4, -0.2) is 24.6 Å². The normalized spacial score (nSPS) is 23.9. The third-order valence-corrected chi connectivity index (χ3v) is 3.93. The predicted molar refractivity (Wildman–Crippen MR) is 84.7 cm³/mol. The molecule has 126 valence electrons. The summed E-state index contributed by atoms with van der Waals surface area (Å²) in [6.07, 6.45) is 8.61. The van der Waals surface area contributed by atoms with E-state index in [0.29, 0.717) is 6.42 Å². The van der Waals surface area contributed by atoms with Crippen molar-refractivity contribution in [3.63, 3.8) is 0 Å². The molecule has 0 aromatic carbocycles. The number of carbonyl (C=O) groups is 2. The molecule has 0 radical (unpaired) electrons. The Morgan fingerprint density at radius 2 is 2.04 bits per heavy atom. The Balaban J connectivity index is 2.72. The molecule has 0 N–H and O–H groups in total. The van der Waals surface area contributed by atoms with Crippen LogP contribution in [0.15, 0.2) is 24.1 Å². The van der Waals surface area contributed by atoms with Gasteiger partial charge in [-0.25, -0.2) is 9.18 Å². The third kappa shape index (κ3) is 4.69. The van der Waals surface area contributed by atoms with Gasteiger partial charge in [-0.1, -0.05) is 32.8 Å². The summed E-state index contributed by atoms with van der Waals surface area (Å²) in [6, 6.07) is 0. The molecule has 1 aliphatic carbocycles. The van der Waals surface area contributed by atoms with E-state index in [9.17, 15) is 14.0 Å². The summed E-state index contributed by atoms with van der Waals surface area (Å²) < 4.78 is 23.6. The lowest BCUT2D eigenvalue weighted by molar-refractivity contribution is -0.148. The van der Waals surface area contributed by atoms with Gasteiger partial charge in [0.15, 0.2) is 0 Å². The molecule has 23 heavy (non-hydrogen) atoms. The van der Waals surface area contributed by atoms with Gasteiger partial charge in [-0.2, -0.15) is 0 Å². The molecule has 1 rings (SSSR count). The Hall–Kier alpha value is -2.09. The number of hydrogen-bond donors (Lipinski definition) is 0. The first kappa shape index (κ1) is 19.0. The summed E-state index contributed by atoms with van der Waals surface area (Å²) in [4.78, 5) is 23.6. The van der Waals surface area contributed by atoms with Crippen molar-refractivity contribution in [1.29, 1.82) is 0 Å². The monoisotopic (exact) mass is 322 g/mol. The van der Waals surface area contributed by atoms with Crippen LogP contribution in [0.1, 0.15) is 34.1 Å². The molecular weight excluding hydrogens is 299 g/mol. The molecule has 1 saturated carbocycles. The van der Waals surface area contributed by atoms with Crippen molar-refractivity contribution in [3.8, 4) is 12.3 Å². The van der Waals surface area contributed by atoms with Gasteiger partial charge in [-0.3, -0.25) is 4.79 Å². The molecule has 0 amide bonds. The van der Waals surface area contributed by atoms with E-state index in [-0.39, 0.29) is 17.9 Å². The highest BCUT2D eigenvalue weighted by Crippen LogP contribution is 2.59. The van der Waals surface area contributed by atoms with Gasteiger partial charge < -0.3 is 9.47 Å². The van der Waals surface area contributed by atoms with E-state index in [1.807, 2.05) is 13.8 Å². The smallest absolute Gasteiger partial charge is 0.330 e. The van der Waals surface area contributed by atoms with Gasteiger partial charge in [0.1, 0.15) is 5.83 Å². The van der Waals surface area contributed by atoms with Crippen molar-refractivity contribution in [1.82, 2.24) is 0 Å². The van der Waals surface area contributed by atoms with Crippen LogP contribution < -0.4 is 0 Å². The van der Waals surface area contributed by atoms with Gasteiger partial charge in [0.25, 0.3) is 0 Å². The summed E-state index contributed by atoms with van der Waals surface area (Å²) in [5.41, 5.74) is -0.371. The Morgan fingerprint density at radius 3 is 2.57 bits per heavy atom. The molecule has 0 aromatic heterocycles. The van der Waals surface area contributed by atoms with Crippen LogP contribution in [0.5, 0.6) is 0 Å². The lowest BCUT2D eigenvalue weighted by Gasteiger charge is -2.11. The molecule has 0 bridgehead atoms. The van der Waals surface area contributed by atoms with Gasteiger partial charge in [0, 0.05) is 6.08 Å². The zero-order valence-corrected chi connectivity index (χ0v) is 14.0. The molecule has 1 fully saturated rings. The van der Waals surface area contributed by atoms with E-state index >= 15 is 0 Å². The summed E-state index contributed by atoms with van der Waals surface area (Å²) in [6.45, 7) is 7.51. The van der Waals surface area contributed by atoms with E-state index in [1.165, 1.54) is 12.2 Å². The van der Waals surface area contributed by atoms with Crippen LogP contribution in [0.4, 0.5) is 4.39 Å². The maximum absolute atomic E-state index is 13.7. The van der Waals surface area contributed by atoms with E-state index in [0.717, 1.165) is 0 Å². The van der Waals surface area contributed by atoms with Gasteiger partial charge in [0.05, 0.1) is 12.5 Å². The van der Waals surface area contributed by atoms with Crippen molar-refractivity contribution >= 4 is 11.9 Å². The topological polar surface area (TPSA) is 52.6 Å². The largest absolute Gasteiger partial charge is 0.463 e. The number of ether oxygens (including phenoxy) is 2. The Bertz CT molecular complexity index is 554. The fraction of sp³-hybridized carbons (Fsp3) is 0.556. The molecule has 3 atom stereocenters. The first-order valence-electron chi connectivity index (χ1n) is 7.66. The van der Waals surface area contributed by atoms with E-state index in [2.05, 4.69) is 5.92 Å². The van der Waals surface area contributed by atoms with Gasteiger partial charge in [-0.05, 0) is 30.8 Å². The molecule has 0 aliphatic heterocycles. The third-order valence-electron chi connectivity index (χ3n) is 3.93. The minimum atomic E-state index is -1.30. The SMILES string of the molecule is C#CC(OC(=O)C1C(C=CC(=O)OCC)C1(C)C)C(F)=CCC. The van der Waals surface area contributed by atoms with Crippen LogP contribution in [0.3, 0.4) is 0 Å². The lowest BCUT2D eigenvalue weighted by Crippen LogP contribution is -2.20. The summed E-state index contributed by atoms with van der Waals surface area (Å²) in [5, 5.41) is 0. The highest BCUT2D eigenvalue weighted by atomic mass is 19.1. The predicted octanol–water partition coefficient (Wildman–Crippen LogP) is 3.19. The second kappa shape index (κ2) is 7.96. The maximum Gasteiger partial charge on any atom is 0.330 e. The number of allylic oxidation sites excluding steroid dienone is 2. The quantitative estimate of drug-likeness (QED) is 0.410. The first-order chi connectivity index (χ1) is 10.8. The molecule has 3 unspecified atom stereocenters. The van der Waals surface area contributed by atoms with Crippen LogP contribution in [0.2, 0.25) is 0 Å². The van der Waals surface area contributed by atoms with Crippen LogP contribution in [0.25, 0.3) is 0 Å². The summed E-state index contributed by atoms with van der Waals surface area (Å²) >= 11 is 0. The molecule has 0 saturated heterocycles. The van der Waals surface area contributed by atoms with Crippen LogP contribution in [-0.2, 0) is 19.1 Å². The summed E-state index contributed by atoms with van der Waals surface area (Å²) in [7, 11) is 0. The van der Waals surface area contributed by atoms with Crippen molar-refractivity contribution in [2.45, 2.75) is 40.2 Å². The van der Waals surface area contributed by atoms with Gasteiger partial charge in [-0.15, -0.1) is 6.42 Å². The average molecular weight is 322 g/mol. The van der Waals surface area contributed by atoms with E-state index < -0.39 is 29.8 Å². The minimum absolute atomic E-state index is 0.170. The number of rotatable bonds is 7. The van der Waals surface area contributed by atoms with Crippen molar-refractivity contribution in [2.75, 3.05) is 6.61 Å². The lowest BCUT2D eigenvalue weighted by atomic mass is 10.1. The molecular formula is C18H23FO4. The fourth-order valence-corrected chi connectivity index (χ4v) is 2.52. The van der Waals surface area contributed by atoms with Gasteiger partial charge >= 0.3 is 11.9 Å². The first-order valence-corrected chi connectivity index (χ1v) is 7.66. The molecule has 0 heterocycles. The fourth-order valence-electron chi connectivity index (χ4n) is 2.52. The minimum Gasteiger partial charge on any atom is -0.463 e. The molecule has 1 aliphatic rings. The number of halogens is 1. The molecule has 4 nitrogen and oxygen atoms in total. The van der Waals surface area contributed by atoms with Crippen LogP contribution >= 0.6 is 0 Å². The van der Waals surface area contributed by atoms with E-state index in [1.54, 1.807) is 19.9 Å². The number of carbonyl (C=O) groups excluding carboxylic acids is 2. The second-order valence-electron chi connectivity index (χ2n) is 5.92. The zero-order valence-electron chi connectivity index (χ0n) is 14.0. The number of esters is 2. The average Bonchev–Trinajstić information content (AvgIpc) is 3.04. The Morgan fingerprint density at radius 1 is 1.39 bits per heavy atom. The Kier molecular flexibility index (Phi) is 6.56. The highest BCUT2D eigenvalue weighted by Gasteiger charge is 2.61. The Labute approximate surface area is 136 Å².